The lowest BCUT2D eigenvalue weighted by molar-refractivity contribution is 0.485. The van der Waals surface area contributed by atoms with Gasteiger partial charge in [0.25, 0.3) is 0 Å². The number of benzene rings is 2. The van der Waals surface area contributed by atoms with Crippen molar-refractivity contribution in [1.82, 2.24) is 5.32 Å². The van der Waals surface area contributed by atoms with E-state index in [-0.39, 0.29) is 0 Å². The molecule has 5 heteroatoms. The van der Waals surface area contributed by atoms with Crippen LogP contribution in [-0.4, -0.2) is 19.0 Å². The van der Waals surface area contributed by atoms with Gasteiger partial charge in [-0.2, -0.15) is 5.26 Å². The van der Waals surface area contributed by atoms with Gasteiger partial charge in [-0.3, -0.25) is 4.99 Å². The number of hydrogen-bond acceptors (Lipinski definition) is 5. The van der Waals surface area contributed by atoms with E-state index in [1.807, 2.05) is 24.3 Å². The molecule has 2 aromatic carbocycles. The van der Waals surface area contributed by atoms with Crippen molar-refractivity contribution in [3.63, 3.8) is 0 Å². The summed E-state index contributed by atoms with van der Waals surface area (Å²) in [6, 6.07) is 16.8. The van der Waals surface area contributed by atoms with Crippen molar-refractivity contribution in [3.8, 4) is 17.6 Å². The Morgan fingerprint density at radius 3 is 2.67 bits per heavy atom. The monoisotopic (exact) mass is 278 g/mol. The third-order valence-corrected chi connectivity index (χ3v) is 3.03. The Balaban J connectivity index is 1.79. The van der Waals surface area contributed by atoms with E-state index in [1.165, 1.54) is 0 Å². The summed E-state index contributed by atoms with van der Waals surface area (Å²) in [5, 5.41) is 15.2. The smallest absolute Gasteiger partial charge is 0.196 e. The van der Waals surface area contributed by atoms with Crippen LogP contribution < -0.4 is 15.4 Å². The van der Waals surface area contributed by atoms with E-state index < -0.39 is 0 Å². The number of ether oxygens (including phenoxy) is 1. The van der Waals surface area contributed by atoms with Crippen LogP contribution in [0, 0.1) is 11.3 Å². The zero-order valence-corrected chi connectivity index (χ0v) is 11.3. The van der Waals surface area contributed by atoms with E-state index in [1.54, 1.807) is 24.3 Å². The molecule has 0 unspecified atom stereocenters. The minimum atomic E-state index is 0.610. The predicted octanol–water partition coefficient (Wildman–Crippen LogP) is 2.72. The molecular weight excluding hydrogens is 264 g/mol. The number of nitriles is 1. The molecule has 104 valence electrons. The van der Waals surface area contributed by atoms with Crippen molar-refractivity contribution in [3.05, 3.63) is 54.1 Å². The van der Waals surface area contributed by atoms with Gasteiger partial charge in [-0.25, -0.2) is 0 Å². The molecule has 0 bridgehead atoms. The van der Waals surface area contributed by atoms with Crippen LogP contribution in [0.1, 0.15) is 5.56 Å². The number of nitrogens with one attached hydrogen (secondary N) is 2. The second kappa shape index (κ2) is 5.97. The Morgan fingerprint density at radius 1 is 1.14 bits per heavy atom. The summed E-state index contributed by atoms with van der Waals surface area (Å²) in [5.74, 6) is 2.15. The van der Waals surface area contributed by atoms with Crippen LogP contribution >= 0.6 is 0 Å². The summed E-state index contributed by atoms with van der Waals surface area (Å²) in [4.78, 5) is 4.30. The van der Waals surface area contributed by atoms with Gasteiger partial charge >= 0.3 is 0 Å². The highest BCUT2D eigenvalue weighted by Gasteiger charge is 2.09. The number of aliphatic imine (C=N–C) groups is 1. The molecular formula is C16H14N4O. The molecule has 21 heavy (non-hydrogen) atoms. The molecule has 2 aromatic rings. The molecule has 0 atom stereocenters. The van der Waals surface area contributed by atoms with Crippen molar-refractivity contribution < 1.29 is 4.74 Å². The van der Waals surface area contributed by atoms with Crippen molar-refractivity contribution in [1.29, 1.82) is 5.26 Å². The number of guanidine groups is 1. The van der Waals surface area contributed by atoms with Gasteiger partial charge in [0.15, 0.2) is 11.7 Å². The summed E-state index contributed by atoms with van der Waals surface area (Å²) >= 11 is 0. The summed E-state index contributed by atoms with van der Waals surface area (Å²) < 4.78 is 5.86. The first-order chi connectivity index (χ1) is 10.3. The largest absolute Gasteiger partial charge is 0.455 e. The zero-order valence-electron chi connectivity index (χ0n) is 11.3. The van der Waals surface area contributed by atoms with Crippen molar-refractivity contribution in [2.24, 2.45) is 4.99 Å². The molecule has 1 aliphatic heterocycles. The van der Waals surface area contributed by atoms with Gasteiger partial charge in [-0.1, -0.05) is 12.1 Å². The van der Waals surface area contributed by atoms with Crippen molar-refractivity contribution in [2.75, 3.05) is 18.4 Å². The van der Waals surface area contributed by atoms with Crippen LogP contribution in [0.25, 0.3) is 0 Å². The molecule has 0 aliphatic carbocycles. The molecule has 5 nitrogen and oxygen atoms in total. The summed E-state index contributed by atoms with van der Waals surface area (Å²) in [6.45, 7) is 1.63. The Hall–Kier alpha value is -3.00. The standard InChI is InChI=1S/C16H14N4O/c17-11-12-5-7-13(8-6-12)21-15-4-2-1-3-14(15)20-16-18-9-10-19-16/h1-8H,9-10H2,(H2,18,19,20). The Labute approximate surface area is 122 Å². The zero-order chi connectivity index (χ0) is 14.5. The van der Waals surface area contributed by atoms with E-state index in [9.17, 15) is 0 Å². The Bertz CT molecular complexity index is 701. The first kappa shape index (κ1) is 13.0. The predicted molar refractivity (Wildman–Crippen MR) is 81.6 cm³/mol. The van der Waals surface area contributed by atoms with Gasteiger partial charge in [0.05, 0.1) is 23.9 Å². The molecule has 0 saturated heterocycles. The molecule has 2 N–H and O–H groups in total. The fourth-order valence-electron chi connectivity index (χ4n) is 1.99. The summed E-state index contributed by atoms with van der Waals surface area (Å²) in [6.07, 6.45) is 0. The molecule has 0 saturated carbocycles. The first-order valence-corrected chi connectivity index (χ1v) is 6.67. The Kier molecular flexibility index (Phi) is 3.70. The van der Waals surface area contributed by atoms with Crippen LogP contribution in [-0.2, 0) is 0 Å². The van der Waals surface area contributed by atoms with Gasteiger partial charge in [0.1, 0.15) is 5.75 Å². The van der Waals surface area contributed by atoms with E-state index in [2.05, 4.69) is 21.7 Å². The SMILES string of the molecule is N#Cc1ccc(Oc2ccccc2NC2=NCCN2)cc1. The molecule has 3 rings (SSSR count). The van der Waals surface area contributed by atoms with Gasteiger partial charge in [0.2, 0.25) is 0 Å². The Morgan fingerprint density at radius 2 is 1.95 bits per heavy atom. The van der Waals surface area contributed by atoms with Crippen LogP contribution in [0.2, 0.25) is 0 Å². The van der Waals surface area contributed by atoms with Gasteiger partial charge in [-0.05, 0) is 36.4 Å². The van der Waals surface area contributed by atoms with Crippen LogP contribution in [0.15, 0.2) is 53.5 Å². The normalized spacial score (nSPS) is 13.0. The highest BCUT2D eigenvalue weighted by molar-refractivity contribution is 5.95. The fourth-order valence-corrected chi connectivity index (χ4v) is 1.99. The second-order valence-electron chi connectivity index (χ2n) is 4.52. The van der Waals surface area contributed by atoms with Gasteiger partial charge in [-0.15, -0.1) is 0 Å². The lowest BCUT2D eigenvalue weighted by atomic mass is 10.2. The average Bonchev–Trinajstić information content (AvgIpc) is 3.03. The van der Waals surface area contributed by atoms with E-state index in [0.29, 0.717) is 17.1 Å². The maximum Gasteiger partial charge on any atom is 0.196 e. The highest BCUT2D eigenvalue weighted by atomic mass is 16.5. The molecule has 0 amide bonds. The lowest BCUT2D eigenvalue weighted by Crippen LogP contribution is -2.26. The maximum atomic E-state index is 8.80. The first-order valence-electron chi connectivity index (χ1n) is 6.67. The third-order valence-electron chi connectivity index (χ3n) is 3.03. The van der Waals surface area contributed by atoms with E-state index in [4.69, 9.17) is 10.00 Å². The number of hydrogen-bond donors (Lipinski definition) is 2. The lowest BCUT2D eigenvalue weighted by Gasteiger charge is -2.13. The third kappa shape index (κ3) is 3.12. The molecule has 0 radical (unpaired) electrons. The average molecular weight is 278 g/mol. The van der Waals surface area contributed by atoms with Crippen molar-refractivity contribution in [2.45, 2.75) is 0 Å². The number of para-hydroxylation sites is 2. The molecule has 1 aliphatic rings. The summed E-state index contributed by atoms with van der Waals surface area (Å²) in [7, 11) is 0. The quantitative estimate of drug-likeness (QED) is 0.905. The van der Waals surface area contributed by atoms with Crippen molar-refractivity contribution >= 4 is 11.6 Å². The minimum absolute atomic E-state index is 0.610. The van der Waals surface area contributed by atoms with E-state index in [0.717, 1.165) is 24.7 Å². The molecule has 0 aromatic heterocycles. The number of anilines is 1. The van der Waals surface area contributed by atoms with Gasteiger partial charge < -0.3 is 15.4 Å². The second-order valence-corrected chi connectivity index (χ2v) is 4.52. The topological polar surface area (TPSA) is 69.4 Å². The maximum absolute atomic E-state index is 8.80. The summed E-state index contributed by atoms with van der Waals surface area (Å²) in [5.41, 5.74) is 1.45. The number of nitrogens with zero attached hydrogens (tertiary/aromatic N) is 2. The van der Waals surface area contributed by atoms with Crippen LogP contribution in [0.3, 0.4) is 0 Å². The van der Waals surface area contributed by atoms with Gasteiger partial charge in [0, 0.05) is 6.54 Å². The molecule has 0 spiro atoms. The number of rotatable bonds is 3. The molecule has 1 heterocycles. The minimum Gasteiger partial charge on any atom is -0.455 e. The fraction of sp³-hybridized carbons (Fsp3) is 0.125. The van der Waals surface area contributed by atoms with Crippen LogP contribution in [0.4, 0.5) is 5.69 Å². The van der Waals surface area contributed by atoms with E-state index >= 15 is 0 Å². The van der Waals surface area contributed by atoms with Crippen LogP contribution in [0.5, 0.6) is 11.5 Å². The highest BCUT2D eigenvalue weighted by Crippen LogP contribution is 2.29. The molecule has 0 fully saturated rings.